The third-order valence-corrected chi connectivity index (χ3v) is 8.91. The molecule has 0 N–H and O–H groups in total. The zero-order chi connectivity index (χ0) is 29.0. The summed E-state index contributed by atoms with van der Waals surface area (Å²) in [6.07, 6.45) is 0. The molecule has 0 spiro atoms. The van der Waals surface area contributed by atoms with Crippen molar-refractivity contribution in [2.45, 2.75) is 0 Å². The fourth-order valence-corrected chi connectivity index (χ4v) is 6.97. The van der Waals surface area contributed by atoms with E-state index >= 15 is 0 Å². The summed E-state index contributed by atoms with van der Waals surface area (Å²) in [5.74, 6) is 0. The van der Waals surface area contributed by atoms with Crippen molar-refractivity contribution in [3.8, 4) is 33.6 Å². The second-order valence-electron chi connectivity index (χ2n) is 11.4. The van der Waals surface area contributed by atoms with Gasteiger partial charge in [0.1, 0.15) is 0 Å². The number of nitrogens with zero attached hydrogens (tertiary/aromatic N) is 2. The molecule has 0 aliphatic carbocycles. The average Bonchev–Trinajstić information content (AvgIpc) is 3.61. The summed E-state index contributed by atoms with van der Waals surface area (Å²) in [6, 6.07) is 61.4. The van der Waals surface area contributed by atoms with E-state index in [0.29, 0.717) is 0 Å². The zero-order valence-electron chi connectivity index (χ0n) is 24.1. The van der Waals surface area contributed by atoms with Gasteiger partial charge in [-0.05, 0) is 82.9 Å². The molecule has 44 heavy (non-hydrogen) atoms. The minimum atomic E-state index is 1.17. The van der Waals surface area contributed by atoms with Crippen molar-refractivity contribution in [3.63, 3.8) is 0 Å². The van der Waals surface area contributed by atoms with Gasteiger partial charge in [-0.15, -0.1) is 0 Å². The fourth-order valence-electron chi connectivity index (χ4n) is 6.97. The summed E-state index contributed by atoms with van der Waals surface area (Å²) in [5, 5.41) is 5.06. The molecule has 0 saturated carbocycles. The van der Waals surface area contributed by atoms with Gasteiger partial charge in [0.25, 0.3) is 0 Å². The van der Waals surface area contributed by atoms with Gasteiger partial charge in [0, 0.05) is 32.9 Å². The standard InChI is InChI=1S/C42H28N2/c1-4-13-29(14-5-1)34-20-12-22-41-42(34)37-28-31(24-26-40(37)44(41)33-17-8-3-9-18-33)30-23-25-39-36(27-30)35-19-10-11-21-38(35)43(39)32-15-6-2-7-16-32/h1-28H. The van der Waals surface area contributed by atoms with Crippen molar-refractivity contribution < 1.29 is 0 Å². The van der Waals surface area contributed by atoms with Crippen LogP contribution in [0.5, 0.6) is 0 Å². The molecular formula is C42H28N2. The van der Waals surface area contributed by atoms with Crippen molar-refractivity contribution in [3.05, 3.63) is 170 Å². The second kappa shape index (κ2) is 9.86. The van der Waals surface area contributed by atoms with E-state index in [2.05, 4.69) is 179 Å². The van der Waals surface area contributed by atoms with Crippen LogP contribution in [-0.2, 0) is 0 Å². The number of para-hydroxylation sites is 3. The predicted molar refractivity (Wildman–Crippen MR) is 186 cm³/mol. The molecule has 2 heteroatoms. The summed E-state index contributed by atoms with van der Waals surface area (Å²) in [6.45, 7) is 0. The Morgan fingerprint density at radius 3 is 1.48 bits per heavy atom. The van der Waals surface area contributed by atoms with Gasteiger partial charge in [0.05, 0.1) is 22.1 Å². The monoisotopic (exact) mass is 560 g/mol. The highest BCUT2D eigenvalue weighted by Crippen LogP contribution is 2.41. The molecule has 0 amide bonds. The molecule has 9 rings (SSSR count). The van der Waals surface area contributed by atoms with E-state index in [1.165, 1.54) is 77.2 Å². The van der Waals surface area contributed by atoms with Gasteiger partial charge in [-0.25, -0.2) is 0 Å². The highest BCUT2D eigenvalue weighted by atomic mass is 15.0. The van der Waals surface area contributed by atoms with Gasteiger partial charge in [0.15, 0.2) is 0 Å². The van der Waals surface area contributed by atoms with E-state index in [1.54, 1.807) is 0 Å². The first kappa shape index (κ1) is 24.7. The topological polar surface area (TPSA) is 9.86 Å². The number of hydrogen-bond acceptors (Lipinski definition) is 0. The molecule has 0 saturated heterocycles. The lowest BCUT2D eigenvalue weighted by atomic mass is 9.97. The molecule has 2 aromatic heterocycles. The Morgan fingerprint density at radius 1 is 0.295 bits per heavy atom. The maximum absolute atomic E-state index is 2.40. The van der Waals surface area contributed by atoms with Crippen molar-refractivity contribution in [1.29, 1.82) is 0 Å². The Kier molecular flexibility index (Phi) is 5.54. The molecule has 0 radical (unpaired) electrons. The summed E-state index contributed by atoms with van der Waals surface area (Å²) in [4.78, 5) is 0. The Morgan fingerprint density at radius 2 is 0.795 bits per heavy atom. The van der Waals surface area contributed by atoms with Crippen LogP contribution < -0.4 is 0 Å². The highest BCUT2D eigenvalue weighted by Gasteiger charge is 2.18. The summed E-state index contributed by atoms with van der Waals surface area (Å²) >= 11 is 0. The van der Waals surface area contributed by atoms with Gasteiger partial charge in [-0.1, -0.05) is 109 Å². The van der Waals surface area contributed by atoms with E-state index in [-0.39, 0.29) is 0 Å². The molecule has 0 aliphatic heterocycles. The van der Waals surface area contributed by atoms with Gasteiger partial charge >= 0.3 is 0 Å². The number of aromatic nitrogens is 2. The van der Waals surface area contributed by atoms with Gasteiger partial charge in [-0.2, -0.15) is 0 Å². The first-order valence-corrected chi connectivity index (χ1v) is 15.1. The minimum Gasteiger partial charge on any atom is -0.309 e. The first-order valence-electron chi connectivity index (χ1n) is 15.1. The average molecular weight is 561 g/mol. The number of benzene rings is 7. The third kappa shape index (κ3) is 3.75. The van der Waals surface area contributed by atoms with E-state index < -0.39 is 0 Å². The lowest BCUT2D eigenvalue weighted by molar-refractivity contribution is 1.18. The Labute approximate surface area is 255 Å². The molecular weight excluding hydrogens is 532 g/mol. The van der Waals surface area contributed by atoms with Crippen molar-refractivity contribution in [1.82, 2.24) is 9.13 Å². The van der Waals surface area contributed by atoms with E-state index in [4.69, 9.17) is 0 Å². The molecule has 0 fully saturated rings. The highest BCUT2D eigenvalue weighted by molar-refractivity contribution is 6.17. The Hall–Kier alpha value is -5.86. The van der Waals surface area contributed by atoms with Crippen molar-refractivity contribution >= 4 is 43.6 Å². The number of fused-ring (bicyclic) bond motifs is 6. The smallest absolute Gasteiger partial charge is 0.0547 e. The quantitative estimate of drug-likeness (QED) is 0.203. The summed E-state index contributed by atoms with van der Waals surface area (Å²) < 4.78 is 4.77. The predicted octanol–water partition coefficient (Wildman–Crippen LogP) is 11.2. The van der Waals surface area contributed by atoms with Crippen LogP contribution in [0.25, 0.3) is 77.2 Å². The molecule has 2 heterocycles. The normalized spacial score (nSPS) is 11.6. The summed E-state index contributed by atoms with van der Waals surface area (Å²) in [5.41, 5.74) is 12.1. The molecule has 0 atom stereocenters. The van der Waals surface area contributed by atoms with Crippen molar-refractivity contribution in [2.24, 2.45) is 0 Å². The molecule has 2 nitrogen and oxygen atoms in total. The first-order chi connectivity index (χ1) is 21.8. The lowest BCUT2D eigenvalue weighted by Crippen LogP contribution is -1.93. The second-order valence-corrected chi connectivity index (χ2v) is 11.4. The fraction of sp³-hybridized carbons (Fsp3) is 0. The molecule has 0 unspecified atom stereocenters. The number of rotatable bonds is 4. The largest absolute Gasteiger partial charge is 0.309 e. The lowest BCUT2D eigenvalue weighted by Gasteiger charge is -2.09. The van der Waals surface area contributed by atoms with Crippen LogP contribution in [0.4, 0.5) is 0 Å². The SMILES string of the molecule is c1ccc(-c2cccc3c2c2cc(-c4ccc5c(c4)c4ccccc4n5-c4ccccc4)ccc2n3-c2ccccc2)cc1. The van der Waals surface area contributed by atoms with Crippen LogP contribution >= 0.6 is 0 Å². The Bertz CT molecular complexity index is 2470. The van der Waals surface area contributed by atoms with Gasteiger partial charge in [0.2, 0.25) is 0 Å². The molecule has 9 aromatic rings. The minimum absolute atomic E-state index is 1.17. The van der Waals surface area contributed by atoms with Crippen LogP contribution in [0.1, 0.15) is 0 Å². The van der Waals surface area contributed by atoms with Crippen LogP contribution in [0.2, 0.25) is 0 Å². The summed E-state index contributed by atoms with van der Waals surface area (Å²) in [7, 11) is 0. The van der Waals surface area contributed by atoms with E-state index in [9.17, 15) is 0 Å². The van der Waals surface area contributed by atoms with E-state index in [1.807, 2.05) is 0 Å². The zero-order valence-corrected chi connectivity index (χ0v) is 24.1. The Balaban J connectivity index is 1.31. The van der Waals surface area contributed by atoms with Crippen LogP contribution in [0.3, 0.4) is 0 Å². The van der Waals surface area contributed by atoms with E-state index in [0.717, 1.165) is 0 Å². The maximum atomic E-state index is 2.40. The number of hydrogen-bond donors (Lipinski definition) is 0. The molecule has 0 aliphatic rings. The molecule has 0 bridgehead atoms. The van der Waals surface area contributed by atoms with Gasteiger partial charge in [-0.3, -0.25) is 0 Å². The molecule has 7 aromatic carbocycles. The maximum Gasteiger partial charge on any atom is 0.0547 e. The molecule has 206 valence electrons. The van der Waals surface area contributed by atoms with Crippen LogP contribution in [-0.4, -0.2) is 9.13 Å². The van der Waals surface area contributed by atoms with Crippen LogP contribution in [0.15, 0.2) is 170 Å². The third-order valence-electron chi connectivity index (χ3n) is 8.91. The van der Waals surface area contributed by atoms with Crippen LogP contribution in [0, 0.1) is 0 Å². The van der Waals surface area contributed by atoms with Crippen molar-refractivity contribution in [2.75, 3.05) is 0 Å². The van der Waals surface area contributed by atoms with Gasteiger partial charge < -0.3 is 9.13 Å².